The fraction of sp³-hybridized carbons (Fsp3) is 1.00. The van der Waals surface area contributed by atoms with E-state index >= 15 is 0 Å². The van der Waals surface area contributed by atoms with Crippen LogP contribution in [0.1, 0.15) is 46.5 Å². The van der Waals surface area contributed by atoms with Crippen molar-refractivity contribution in [3.63, 3.8) is 0 Å². The Bertz CT molecular complexity index is 226. The number of nitrogens with one attached hydrogen (secondary N) is 1. The predicted molar refractivity (Wildman–Crippen MR) is 71.3 cm³/mol. The Morgan fingerprint density at radius 3 is 2.59 bits per heavy atom. The minimum absolute atomic E-state index is 0.466. The van der Waals surface area contributed by atoms with Crippen LogP contribution in [0.5, 0.6) is 0 Å². The Hall–Kier alpha value is -0.120. The average molecular weight is 240 g/mol. The van der Waals surface area contributed by atoms with Gasteiger partial charge in [0.1, 0.15) is 0 Å². The quantitative estimate of drug-likeness (QED) is 0.795. The van der Waals surface area contributed by atoms with E-state index in [0.717, 1.165) is 6.54 Å². The Labute approximate surface area is 106 Å². The largest absolute Gasteiger partial charge is 0.374 e. The van der Waals surface area contributed by atoms with Crippen LogP contribution in [0.2, 0.25) is 0 Å². The Kier molecular flexibility index (Phi) is 4.83. The van der Waals surface area contributed by atoms with Gasteiger partial charge in [-0.25, -0.2) is 0 Å². The van der Waals surface area contributed by atoms with Gasteiger partial charge < -0.3 is 10.1 Å². The maximum atomic E-state index is 5.94. The number of nitrogens with zero attached hydrogens (tertiary/aromatic N) is 1. The van der Waals surface area contributed by atoms with E-state index in [2.05, 4.69) is 31.0 Å². The Balaban J connectivity index is 1.79. The molecule has 0 bridgehead atoms. The van der Waals surface area contributed by atoms with E-state index in [4.69, 9.17) is 4.74 Å². The highest BCUT2D eigenvalue weighted by Crippen LogP contribution is 2.21. The summed E-state index contributed by atoms with van der Waals surface area (Å²) >= 11 is 0. The average Bonchev–Trinajstić information content (AvgIpc) is 2.89. The van der Waals surface area contributed by atoms with Gasteiger partial charge in [0.25, 0.3) is 0 Å². The third-order valence-electron chi connectivity index (χ3n) is 4.11. The van der Waals surface area contributed by atoms with Gasteiger partial charge in [0, 0.05) is 25.2 Å². The van der Waals surface area contributed by atoms with E-state index in [1.807, 2.05) is 0 Å². The summed E-state index contributed by atoms with van der Waals surface area (Å²) < 4.78 is 5.94. The molecule has 0 aliphatic carbocycles. The molecule has 2 fully saturated rings. The first-order valence-electron chi connectivity index (χ1n) is 7.28. The smallest absolute Gasteiger partial charge is 0.0706 e. The monoisotopic (exact) mass is 240 g/mol. The number of hydrogen-bond donors (Lipinski definition) is 1. The molecule has 3 heteroatoms. The van der Waals surface area contributed by atoms with Gasteiger partial charge in [-0.05, 0) is 53.0 Å². The van der Waals surface area contributed by atoms with Crippen LogP contribution >= 0.6 is 0 Å². The molecule has 17 heavy (non-hydrogen) atoms. The van der Waals surface area contributed by atoms with Crippen molar-refractivity contribution < 1.29 is 4.74 Å². The maximum absolute atomic E-state index is 5.94. The molecular weight excluding hydrogens is 212 g/mol. The van der Waals surface area contributed by atoms with Crippen LogP contribution in [0, 0.1) is 0 Å². The van der Waals surface area contributed by atoms with Crippen molar-refractivity contribution in [2.24, 2.45) is 0 Å². The molecule has 3 nitrogen and oxygen atoms in total. The molecule has 2 aliphatic heterocycles. The number of hydrogen-bond acceptors (Lipinski definition) is 3. The lowest BCUT2D eigenvalue weighted by Crippen LogP contribution is -2.44. The van der Waals surface area contributed by atoms with Gasteiger partial charge >= 0.3 is 0 Å². The lowest BCUT2D eigenvalue weighted by atomic mass is 10.1. The third-order valence-corrected chi connectivity index (χ3v) is 4.11. The Morgan fingerprint density at radius 2 is 2.06 bits per heavy atom. The predicted octanol–water partition coefficient (Wildman–Crippen LogP) is 2.02. The molecule has 2 rings (SSSR count). The van der Waals surface area contributed by atoms with E-state index in [9.17, 15) is 0 Å². The summed E-state index contributed by atoms with van der Waals surface area (Å²) in [5, 5.41) is 3.59. The summed E-state index contributed by atoms with van der Waals surface area (Å²) in [7, 11) is 0. The molecule has 2 saturated heterocycles. The van der Waals surface area contributed by atoms with Crippen molar-refractivity contribution in [3.05, 3.63) is 0 Å². The first-order valence-corrected chi connectivity index (χ1v) is 7.28. The molecule has 0 aromatic heterocycles. The van der Waals surface area contributed by atoms with Gasteiger partial charge in [-0.1, -0.05) is 0 Å². The standard InChI is InChI=1S/C14H28N2O/c1-11(2)16(9-13-5-4-8-15-13)10-14-7-6-12(3)17-14/h11-15H,4-10H2,1-3H3. The lowest BCUT2D eigenvalue weighted by molar-refractivity contribution is 0.0228. The summed E-state index contributed by atoms with van der Waals surface area (Å²) in [6, 6.07) is 1.33. The van der Waals surface area contributed by atoms with Crippen molar-refractivity contribution in [1.29, 1.82) is 0 Å². The molecule has 2 aliphatic rings. The fourth-order valence-corrected chi connectivity index (χ4v) is 2.97. The molecule has 100 valence electrons. The van der Waals surface area contributed by atoms with Gasteiger partial charge in [0.2, 0.25) is 0 Å². The molecule has 0 saturated carbocycles. The van der Waals surface area contributed by atoms with Crippen LogP contribution in [-0.4, -0.2) is 48.8 Å². The SMILES string of the molecule is CC1CCC(CN(CC2CCCN2)C(C)C)O1. The molecule has 3 atom stereocenters. The van der Waals surface area contributed by atoms with E-state index in [1.54, 1.807) is 0 Å². The highest BCUT2D eigenvalue weighted by molar-refractivity contribution is 4.82. The topological polar surface area (TPSA) is 24.5 Å². The molecule has 0 aromatic rings. The van der Waals surface area contributed by atoms with Crippen molar-refractivity contribution >= 4 is 0 Å². The molecular formula is C14H28N2O. The van der Waals surface area contributed by atoms with Crippen LogP contribution in [0.15, 0.2) is 0 Å². The zero-order chi connectivity index (χ0) is 12.3. The van der Waals surface area contributed by atoms with Crippen molar-refractivity contribution in [2.45, 2.75) is 70.7 Å². The normalized spacial score (nSPS) is 34.1. The van der Waals surface area contributed by atoms with E-state index in [1.165, 1.54) is 38.8 Å². The summed E-state index contributed by atoms with van der Waals surface area (Å²) in [4.78, 5) is 2.59. The fourth-order valence-electron chi connectivity index (χ4n) is 2.97. The van der Waals surface area contributed by atoms with Crippen LogP contribution in [0.25, 0.3) is 0 Å². The van der Waals surface area contributed by atoms with E-state index in [0.29, 0.717) is 24.3 Å². The van der Waals surface area contributed by atoms with Crippen molar-refractivity contribution in [3.8, 4) is 0 Å². The molecule has 2 heterocycles. The van der Waals surface area contributed by atoms with Gasteiger partial charge in [-0.2, -0.15) is 0 Å². The van der Waals surface area contributed by atoms with Crippen molar-refractivity contribution in [1.82, 2.24) is 10.2 Å². The maximum Gasteiger partial charge on any atom is 0.0706 e. The van der Waals surface area contributed by atoms with Gasteiger partial charge in [-0.15, -0.1) is 0 Å². The Morgan fingerprint density at radius 1 is 1.24 bits per heavy atom. The molecule has 0 amide bonds. The summed E-state index contributed by atoms with van der Waals surface area (Å²) in [5.41, 5.74) is 0. The second-order valence-corrected chi connectivity index (χ2v) is 5.99. The van der Waals surface area contributed by atoms with Gasteiger partial charge in [0.05, 0.1) is 12.2 Å². The number of rotatable bonds is 5. The van der Waals surface area contributed by atoms with Gasteiger partial charge in [-0.3, -0.25) is 4.90 Å². The second kappa shape index (κ2) is 6.17. The minimum Gasteiger partial charge on any atom is -0.374 e. The van der Waals surface area contributed by atoms with E-state index in [-0.39, 0.29) is 0 Å². The van der Waals surface area contributed by atoms with Crippen LogP contribution < -0.4 is 5.32 Å². The highest BCUT2D eigenvalue weighted by atomic mass is 16.5. The van der Waals surface area contributed by atoms with Gasteiger partial charge in [0.15, 0.2) is 0 Å². The molecule has 0 spiro atoms. The van der Waals surface area contributed by atoms with Crippen LogP contribution in [-0.2, 0) is 4.74 Å². The zero-order valence-electron chi connectivity index (χ0n) is 11.6. The van der Waals surface area contributed by atoms with Crippen molar-refractivity contribution in [2.75, 3.05) is 19.6 Å². The zero-order valence-corrected chi connectivity index (χ0v) is 11.6. The second-order valence-electron chi connectivity index (χ2n) is 5.99. The molecule has 3 unspecified atom stereocenters. The number of ether oxygens (including phenoxy) is 1. The molecule has 0 aromatic carbocycles. The highest BCUT2D eigenvalue weighted by Gasteiger charge is 2.26. The summed E-state index contributed by atoms with van der Waals surface area (Å²) in [6.45, 7) is 10.3. The summed E-state index contributed by atoms with van der Waals surface area (Å²) in [6.07, 6.45) is 6.09. The molecule has 0 radical (unpaired) electrons. The third kappa shape index (κ3) is 3.94. The lowest BCUT2D eigenvalue weighted by Gasteiger charge is -2.31. The first kappa shape index (κ1) is 13.3. The summed E-state index contributed by atoms with van der Waals surface area (Å²) in [5.74, 6) is 0. The van der Waals surface area contributed by atoms with Crippen LogP contribution in [0.4, 0.5) is 0 Å². The molecule has 1 N–H and O–H groups in total. The minimum atomic E-state index is 0.466. The van der Waals surface area contributed by atoms with Crippen LogP contribution in [0.3, 0.4) is 0 Å². The first-order chi connectivity index (χ1) is 8.15. The van der Waals surface area contributed by atoms with E-state index < -0.39 is 0 Å².